The monoisotopic (exact) mass is 378 g/mol. The highest BCUT2D eigenvalue weighted by Crippen LogP contribution is 2.27. The maximum Gasteiger partial charge on any atom is 0.224 e. The van der Waals surface area contributed by atoms with Crippen molar-refractivity contribution in [1.29, 1.82) is 0 Å². The van der Waals surface area contributed by atoms with Gasteiger partial charge in [-0.05, 0) is 44.6 Å². The first kappa shape index (κ1) is 20.7. The maximum absolute atomic E-state index is 12.4. The van der Waals surface area contributed by atoms with Crippen LogP contribution in [0.4, 0.5) is 0 Å². The van der Waals surface area contributed by atoms with Crippen LogP contribution in [0.1, 0.15) is 58.3 Å². The molecule has 0 aliphatic carbocycles. The van der Waals surface area contributed by atoms with Gasteiger partial charge in [0.15, 0.2) is 5.96 Å². The lowest BCUT2D eigenvalue weighted by Gasteiger charge is -2.33. The molecule has 1 amide bonds. The molecule has 1 fully saturated rings. The summed E-state index contributed by atoms with van der Waals surface area (Å²) in [4.78, 5) is 20.6. The Labute approximate surface area is 162 Å². The molecule has 0 radical (unpaired) electrons. The van der Waals surface area contributed by atoms with Crippen LogP contribution in [0.5, 0.6) is 0 Å². The van der Waals surface area contributed by atoms with Gasteiger partial charge in [0.05, 0.1) is 6.54 Å². The quantitative estimate of drug-likeness (QED) is 0.565. The van der Waals surface area contributed by atoms with Gasteiger partial charge in [0, 0.05) is 42.4 Å². The van der Waals surface area contributed by atoms with E-state index in [9.17, 15) is 4.79 Å². The number of likely N-dealkylation sites (tertiary alicyclic amines) is 1. The van der Waals surface area contributed by atoms with Crippen LogP contribution in [0.25, 0.3) is 0 Å². The summed E-state index contributed by atoms with van der Waals surface area (Å²) in [6, 6.07) is 4.63. The minimum atomic E-state index is 0.00949. The van der Waals surface area contributed by atoms with E-state index in [1.807, 2.05) is 4.90 Å². The van der Waals surface area contributed by atoms with Gasteiger partial charge < -0.3 is 15.5 Å². The topological polar surface area (TPSA) is 56.7 Å². The molecule has 1 aliphatic heterocycles. The Balaban J connectivity index is 1.84. The van der Waals surface area contributed by atoms with E-state index in [0.29, 0.717) is 25.6 Å². The minimum Gasteiger partial charge on any atom is -0.357 e. The fourth-order valence-corrected chi connectivity index (χ4v) is 4.10. The summed E-state index contributed by atoms with van der Waals surface area (Å²) < 4.78 is 0. The van der Waals surface area contributed by atoms with E-state index in [1.165, 1.54) is 11.3 Å². The molecule has 26 heavy (non-hydrogen) atoms. The zero-order chi connectivity index (χ0) is 19.0. The average molecular weight is 379 g/mol. The van der Waals surface area contributed by atoms with Gasteiger partial charge >= 0.3 is 0 Å². The molecule has 1 aliphatic rings. The van der Waals surface area contributed by atoms with Gasteiger partial charge in [-0.15, -0.1) is 11.3 Å². The maximum atomic E-state index is 12.4. The number of nitrogens with one attached hydrogen (secondary N) is 2. The minimum absolute atomic E-state index is 0.00949. The Morgan fingerprint density at radius 1 is 1.38 bits per heavy atom. The Kier molecular flexibility index (Phi) is 7.94. The number of amides is 1. The molecule has 0 bridgehead atoms. The second-order valence-electron chi connectivity index (χ2n) is 7.67. The lowest BCUT2D eigenvalue weighted by molar-refractivity contribution is -0.134. The molecule has 2 rings (SSSR count). The zero-order valence-corrected chi connectivity index (χ0v) is 17.5. The normalized spacial score (nSPS) is 18.7. The Hall–Kier alpha value is -1.56. The number of aliphatic imine (C=N–C) groups is 1. The average Bonchev–Trinajstić information content (AvgIpc) is 3.15. The second kappa shape index (κ2) is 9.95. The van der Waals surface area contributed by atoms with Crippen LogP contribution >= 0.6 is 11.3 Å². The molecular weight excluding hydrogens is 344 g/mol. The van der Waals surface area contributed by atoms with E-state index in [1.54, 1.807) is 11.3 Å². The lowest BCUT2D eigenvalue weighted by Crippen LogP contribution is -2.44. The van der Waals surface area contributed by atoms with Crippen molar-refractivity contribution in [2.24, 2.45) is 4.99 Å². The third-order valence-electron chi connectivity index (χ3n) is 4.92. The third-order valence-corrected chi connectivity index (χ3v) is 6.16. The van der Waals surface area contributed by atoms with E-state index in [-0.39, 0.29) is 11.3 Å². The van der Waals surface area contributed by atoms with Crippen LogP contribution in [0.2, 0.25) is 0 Å². The third kappa shape index (κ3) is 6.01. The van der Waals surface area contributed by atoms with Crippen molar-refractivity contribution < 1.29 is 4.79 Å². The van der Waals surface area contributed by atoms with E-state index >= 15 is 0 Å². The fraction of sp³-hybridized carbons (Fsp3) is 0.700. The number of nitrogens with zero attached hydrogens (tertiary/aromatic N) is 2. The van der Waals surface area contributed by atoms with Crippen LogP contribution in [0.15, 0.2) is 22.5 Å². The smallest absolute Gasteiger partial charge is 0.224 e. The van der Waals surface area contributed by atoms with Crippen molar-refractivity contribution in [3.05, 3.63) is 22.4 Å². The lowest BCUT2D eigenvalue weighted by atomic mass is 9.92. The standard InChI is InChI=1S/C20H34N4OS/c1-5-21-19(23-15-20(3,4)17-10-8-14-26-17)22-12-11-18(25)24-13-7-6-9-16(24)2/h8,10,14,16H,5-7,9,11-13,15H2,1-4H3,(H2,21,22,23). The molecule has 0 aromatic carbocycles. The van der Waals surface area contributed by atoms with E-state index < -0.39 is 0 Å². The number of guanidine groups is 1. The van der Waals surface area contributed by atoms with E-state index in [4.69, 9.17) is 4.99 Å². The first-order chi connectivity index (χ1) is 12.4. The van der Waals surface area contributed by atoms with Gasteiger partial charge in [-0.3, -0.25) is 9.79 Å². The van der Waals surface area contributed by atoms with Crippen LogP contribution in [0, 0.1) is 0 Å². The number of rotatable bonds is 7. The molecule has 0 saturated carbocycles. The number of piperidine rings is 1. The highest BCUT2D eigenvalue weighted by atomic mass is 32.1. The van der Waals surface area contributed by atoms with Gasteiger partial charge in [0.1, 0.15) is 0 Å². The van der Waals surface area contributed by atoms with Gasteiger partial charge in [0.25, 0.3) is 0 Å². The molecular formula is C20H34N4OS. The van der Waals surface area contributed by atoms with Gasteiger partial charge in [-0.2, -0.15) is 0 Å². The van der Waals surface area contributed by atoms with Gasteiger partial charge in [-0.1, -0.05) is 19.9 Å². The summed E-state index contributed by atoms with van der Waals surface area (Å²) in [6.07, 6.45) is 4.01. The van der Waals surface area contributed by atoms with E-state index in [2.05, 4.69) is 55.8 Å². The number of thiophene rings is 1. The summed E-state index contributed by atoms with van der Waals surface area (Å²) in [6.45, 7) is 11.7. The van der Waals surface area contributed by atoms with Crippen molar-refractivity contribution in [2.45, 2.75) is 64.8 Å². The van der Waals surface area contributed by atoms with Crippen molar-refractivity contribution in [2.75, 3.05) is 26.2 Å². The van der Waals surface area contributed by atoms with Crippen LogP contribution in [0.3, 0.4) is 0 Å². The molecule has 1 unspecified atom stereocenters. The van der Waals surface area contributed by atoms with Crippen LogP contribution in [-0.4, -0.2) is 49.0 Å². The highest BCUT2D eigenvalue weighted by molar-refractivity contribution is 7.10. The summed E-state index contributed by atoms with van der Waals surface area (Å²) in [5.74, 6) is 1.04. The number of carbonyl (C=O) groups is 1. The molecule has 1 saturated heterocycles. The molecule has 1 aromatic rings. The number of hydrogen-bond donors (Lipinski definition) is 2. The van der Waals surface area contributed by atoms with Crippen molar-refractivity contribution in [1.82, 2.24) is 15.5 Å². The molecule has 0 spiro atoms. The first-order valence-corrected chi connectivity index (χ1v) is 10.7. The number of hydrogen-bond acceptors (Lipinski definition) is 3. The molecule has 6 heteroatoms. The molecule has 1 atom stereocenters. The van der Waals surface area contributed by atoms with Crippen molar-refractivity contribution in [3.8, 4) is 0 Å². The molecule has 5 nitrogen and oxygen atoms in total. The van der Waals surface area contributed by atoms with Crippen molar-refractivity contribution >= 4 is 23.2 Å². The van der Waals surface area contributed by atoms with Gasteiger partial charge in [0.2, 0.25) is 5.91 Å². The van der Waals surface area contributed by atoms with Crippen LogP contribution < -0.4 is 10.6 Å². The predicted octanol–water partition coefficient (Wildman–Crippen LogP) is 3.37. The fourth-order valence-electron chi connectivity index (χ4n) is 3.26. The number of carbonyl (C=O) groups excluding carboxylic acids is 1. The Morgan fingerprint density at radius 2 is 2.19 bits per heavy atom. The van der Waals surface area contributed by atoms with Crippen LogP contribution in [-0.2, 0) is 10.2 Å². The zero-order valence-electron chi connectivity index (χ0n) is 16.7. The van der Waals surface area contributed by atoms with Crippen molar-refractivity contribution in [3.63, 3.8) is 0 Å². The predicted molar refractivity (Wildman–Crippen MR) is 111 cm³/mol. The second-order valence-corrected chi connectivity index (χ2v) is 8.61. The SMILES string of the molecule is CCNC(=NCC(C)(C)c1cccs1)NCCC(=O)N1CCCCC1C. The first-order valence-electron chi connectivity index (χ1n) is 9.79. The highest BCUT2D eigenvalue weighted by Gasteiger charge is 2.23. The summed E-state index contributed by atoms with van der Waals surface area (Å²) >= 11 is 1.77. The molecule has 2 heterocycles. The Bertz CT molecular complexity index is 583. The molecule has 2 N–H and O–H groups in total. The molecule has 146 valence electrons. The largest absolute Gasteiger partial charge is 0.357 e. The summed E-state index contributed by atoms with van der Waals surface area (Å²) in [7, 11) is 0. The van der Waals surface area contributed by atoms with Gasteiger partial charge in [-0.25, -0.2) is 0 Å². The summed E-state index contributed by atoms with van der Waals surface area (Å²) in [5.41, 5.74) is 0.00949. The van der Waals surface area contributed by atoms with E-state index in [0.717, 1.165) is 31.9 Å². The Morgan fingerprint density at radius 3 is 2.85 bits per heavy atom. The molecule has 1 aromatic heterocycles. The summed E-state index contributed by atoms with van der Waals surface area (Å²) in [5, 5.41) is 8.71.